The minimum atomic E-state index is -4.61. The lowest BCUT2D eigenvalue weighted by molar-refractivity contribution is -0.137. The van der Waals surface area contributed by atoms with E-state index < -0.39 is 23.3 Å². The van der Waals surface area contributed by atoms with Gasteiger partial charge in [-0.05, 0) is 61.4 Å². The van der Waals surface area contributed by atoms with Crippen molar-refractivity contribution < 1.29 is 22.8 Å². The van der Waals surface area contributed by atoms with Crippen LogP contribution in [0.3, 0.4) is 0 Å². The van der Waals surface area contributed by atoms with Crippen LogP contribution in [0.15, 0.2) is 42.5 Å². The maximum Gasteiger partial charge on any atom is 0.417 e. The lowest BCUT2D eigenvalue weighted by Gasteiger charge is -2.40. The Morgan fingerprint density at radius 3 is 2.36 bits per heavy atom. The number of benzene rings is 2. The number of carbonyl (C=O) groups is 2. The number of hydrogen-bond acceptors (Lipinski definition) is 4. The Balaban J connectivity index is 1.56. The molecular weight excluding hydrogens is 469 g/mol. The Hall–Kier alpha value is -3.54. The fraction of sp³-hybridized carbons (Fsp3) is 0.444. The second-order valence-corrected chi connectivity index (χ2v) is 10.0. The number of nitrogens with zero attached hydrogens (tertiary/aromatic N) is 4. The van der Waals surface area contributed by atoms with Crippen molar-refractivity contribution in [3.63, 3.8) is 0 Å². The Morgan fingerprint density at radius 1 is 1.11 bits per heavy atom. The summed E-state index contributed by atoms with van der Waals surface area (Å²) in [5, 5.41) is 9.07. The molecule has 2 amide bonds. The Morgan fingerprint density at radius 2 is 1.78 bits per heavy atom. The van der Waals surface area contributed by atoms with Gasteiger partial charge < -0.3 is 14.7 Å². The van der Waals surface area contributed by atoms with Crippen LogP contribution in [0.2, 0.25) is 0 Å². The molecule has 2 heterocycles. The summed E-state index contributed by atoms with van der Waals surface area (Å²) in [6.45, 7) is 3.30. The maximum absolute atomic E-state index is 13.5. The van der Waals surface area contributed by atoms with Gasteiger partial charge in [0.15, 0.2) is 0 Å². The molecule has 36 heavy (non-hydrogen) atoms. The first-order chi connectivity index (χ1) is 17.0. The molecule has 2 fully saturated rings. The third kappa shape index (κ3) is 4.77. The van der Waals surface area contributed by atoms with Gasteiger partial charge in [-0.2, -0.15) is 18.4 Å². The summed E-state index contributed by atoms with van der Waals surface area (Å²) in [7, 11) is 3.35. The number of halogens is 3. The van der Waals surface area contributed by atoms with E-state index in [4.69, 9.17) is 5.26 Å². The van der Waals surface area contributed by atoms with Crippen molar-refractivity contribution in [1.29, 1.82) is 5.26 Å². The van der Waals surface area contributed by atoms with Gasteiger partial charge in [0.05, 0.1) is 17.2 Å². The SMILES string of the molecule is Cc1ccccc1C(=O)N1CC2(CCN(c3ccc(C#N)c(C(F)(F)F)c3)CC2)CC1C(=O)N(C)C. The highest BCUT2D eigenvalue weighted by molar-refractivity contribution is 5.99. The molecule has 2 aromatic rings. The number of likely N-dealkylation sites (tertiary alicyclic amines) is 1. The van der Waals surface area contributed by atoms with Crippen LogP contribution in [0.5, 0.6) is 0 Å². The molecule has 0 N–H and O–H groups in total. The standard InChI is InChI=1S/C27H29F3N4O2/c1-18-6-4-5-7-21(18)24(35)34-17-26(15-23(34)25(36)32(2)3)10-12-33(13-11-26)20-9-8-19(16-31)22(14-20)27(28,29)30/h4-9,14,23H,10-13,15,17H2,1-3H3. The second kappa shape index (κ2) is 9.49. The number of piperidine rings is 1. The summed E-state index contributed by atoms with van der Waals surface area (Å²) in [6, 6.07) is 12.1. The average Bonchev–Trinajstić information content (AvgIpc) is 3.21. The molecule has 2 aliphatic rings. The summed E-state index contributed by atoms with van der Waals surface area (Å²) >= 11 is 0. The molecule has 2 saturated heterocycles. The van der Waals surface area contributed by atoms with E-state index in [1.807, 2.05) is 24.0 Å². The molecule has 0 aromatic heterocycles. The van der Waals surface area contributed by atoms with E-state index in [1.54, 1.807) is 43.3 Å². The monoisotopic (exact) mass is 498 g/mol. The van der Waals surface area contributed by atoms with Gasteiger partial charge >= 0.3 is 6.18 Å². The van der Waals surface area contributed by atoms with Gasteiger partial charge in [0.1, 0.15) is 6.04 Å². The number of carbonyl (C=O) groups excluding carboxylic acids is 2. The van der Waals surface area contributed by atoms with Crippen LogP contribution in [-0.4, -0.2) is 61.4 Å². The van der Waals surface area contributed by atoms with Crippen molar-refractivity contribution >= 4 is 17.5 Å². The first-order valence-corrected chi connectivity index (χ1v) is 11.9. The lowest BCUT2D eigenvalue weighted by Crippen LogP contribution is -2.45. The van der Waals surface area contributed by atoms with Crippen LogP contribution < -0.4 is 4.90 Å². The van der Waals surface area contributed by atoms with Crippen molar-refractivity contribution in [2.24, 2.45) is 5.41 Å². The number of aryl methyl sites for hydroxylation is 1. The van der Waals surface area contributed by atoms with Crippen LogP contribution in [0, 0.1) is 23.7 Å². The number of nitriles is 1. The highest BCUT2D eigenvalue weighted by atomic mass is 19.4. The molecule has 9 heteroatoms. The predicted octanol–water partition coefficient (Wildman–Crippen LogP) is 4.48. The van der Waals surface area contributed by atoms with E-state index >= 15 is 0 Å². The molecule has 190 valence electrons. The number of likely N-dealkylation sites (N-methyl/N-ethyl adjacent to an activating group) is 1. The molecule has 0 aliphatic carbocycles. The molecule has 1 spiro atoms. The highest BCUT2D eigenvalue weighted by Crippen LogP contribution is 2.45. The molecule has 4 rings (SSSR count). The molecular formula is C27H29F3N4O2. The smallest absolute Gasteiger partial charge is 0.371 e. The summed E-state index contributed by atoms with van der Waals surface area (Å²) in [5.41, 5.74) is 0.213. The zero-order valence-electron chi connectivity index (χ0n) is 20.6. The first kappa shape index (κ1) is 25.5. The Bertz CT molecular complexity index is 1210. The van der Waals surface area contributed by atoms with E-state index in [0.29, 0.717) is 50.1 Å². The van der Waals surface area contributed by atoms with E-state index in [9.17, 15) is 22.8 Å². The van der Waals surface area contributed by atoms with Crippen molar-refractivity contribution in [2.45, 2.75) is 38.4 Å². The molecule has 1 atom stereocenters. The fourth-order valence-corrected chi connectivity index (χ4v) is 5.42. The normalized spacial score (nSPS) is 19.3. The highest BCUT2D eigenvalue weighted by Gasteiger charge is 2.50. The topological polar surface area (TPSA) is 67.6 Å². The van der Waals surface area contributed by atoms with E-state index in [-0.39, 0.29) is 17.2 Å². The number of hydrogen-bond donors (Lipinski definition) is 0. The zero-order chi connectivity index (χ0) is 26.3. The molecule has 6 nitrogen and oxygen atoms in total. The largest absolute Gasteiger partial charge is 0.417 e. The maximum atomic E-state index is 13.5. The van der Waals surface area contributed by atoms with Crippen LogP contribution >= 0.6 is 0 Å². The first-order valence-electron chi connectivity index (χ1n) is 11.9. The van der Waals surface area contributed by atoms with Gasteiger partial charge in [-0.25, -0.2) is 0 Å². The molecule has 0 radical (unpaired) electrons. The summed E-state index contributed by atoms with van der Waals surface area (Å²) in [5.74, 6) is -0.298. The quantitative estimate of drug-likeness (QED) is 0.626. The number of alkyl halides is 3. The average molecular weight is 499 g/mol. The number of anilines is 1. The third-order valence-corrected chi connectivity index (χ3v) is 7.49. The zero-order valence-corrected chi connectivity index (χ0v) is 20.6. The molecule has 0 bridgehead atoms. The fourth-order valence-electron chi connectivity index (χ4n) is 5.42. The van der Waals surface area contributed by atoms with Crippen LogP contribution in [-0.2, 0) is 11.0 Å². The van der Waals surface area contributed by atoms with Crippen LogP contribution in [0.1, 0.15) is 46.3 Å². The van der Waals surface area contributed by atoms with Gasteiger partial charge in [-0.15, -0.1) is 0 Å². The summed E-state index contributed by atoms with van der Waals surface area (Å²) in [4.78, 5) is 31.7. The van der Waals surface area contributed by atoms with Gasteiger partial charge in [0.2, 0.25) is 5.91 Å². The number of rotatable bonds is 3. The van der Waals surface area contributed by atoms with Crippen molar-refractivity contribution in [2.75, 3.05) is 38.6 Å². The molecule has 2 aromatic carbocycles. The Kier molecular flexibility index (Phi) is 6.74. The van der Waals surface area contributed by atoms with Crippen molar-refractivity contribution in [3.05, 3.63) is 64.7 Å². The second-order valence-electron chi connectivity index (χ2n) is 10.0. The van der Waals surface area contributed by atoms with Crippen LogP contribution in [0.25, 0.3) is 0 Å². The molecule has 1 unspecified atom stereocenters. The molecule has 0 saturated carbocycles. The van der Waals surface area contributed by atoms with Crippen LogP contribution in [0.4, 0.5) is 18.9 Å². The van der Waals surface area contributed by atoms with Gasteiger partial charge in [0.25, 0.3) is 5.91 Å². The summed E-state index contributed by atoms with van der Waals surface area (Å²) < 4.78 is 40.4. The third-order valence-electron chi connectivity index (χ3n) is 7.49. The number of amides is 2. The lowest BCUT2D eigenvalue weighted by atomic mass is 9.76. The van der Waals surface area contributed by atoms with Gasteiger partial charge in [-0.1, -0.05) is 18.2 Å². The minimum absolute atomic E-state index is 0.127. The predicted molar refractivity (Wildman–Crippen MR) is 129 cm³/mol. The van der Waals surface area contributed by atoms with E-state index in [2.05, 4.69) is 0 Å². The van der Waals surface area contributed by atoms with E-state index in [1.165, 1.54) is 11.0 Å². The molecule has 2 aliphatic heterocycles. The minimum Gasteiger partial charge on any atom is -0.371 e. The van der Waals surface area contributed by atoms with Crippen molar-refractivity contribution in [3.8, 4) is 6.07 Å². The van der Waals surface area contributed by atoms with Crippen molar-refractivity contribution in [1.82, 2.24) is 9.80 Å². The van der Waals surface area contributed by atoms with E-state index in [0.717, 1.165) is 11.6 Å². The van der Waals surface area contributed by atoms with Gasteiger partial charge in [0, 0.05) is 45.0 Å². The van der Waals surface area contributed by atoms with Gasteiger partial charge in [-0.3, -0.25) is 9.59 Å². The Labute approximate surface area is 208 Å². The summed E-state index contributed by atoms with van der Waals surface area (Å²) in [6.07, 6.45) is -2.80.